The second-order valence-electron chi connectivity index (χ2n) is 4.82. The number of amides is 1. The molecule has 1 atom stereocenters. The van der Waals surface area contributed by atoms with Crippen molar-refractivity contribution in [1.82, 2.24) is 5.43 Å². The maximum atomic E-state index is 11.8. The van der Waals surface area contributed by atoms with E-state index in [1.165, 1.54) is 0 Å². The van der Waals surface area contributed by atoms with Crippen LogP contribution in [0.25, 0.3) is 0 Å². The fourth-order valence-electron chi connectivity index (χ4n) is 1.89. The van der Waals surface area contributed by atoms with Gasteiger partial charge in [0.1, 0.15) is 0 Å². The zero-order chi connectivity index (χ0) is 15.1. The molecule has 0 spiro atoms. The molecule has 0 aromatic heterocycles. The van der Waals surface area contributed by atoms with Gasteiger partial charge in [-0.25, -0.2) is 5.43 Å². The fraction of sp³-hybridized carbons (Fsp3) is 0.176. The van der Waals surface area contributed by atoms with E-state index in [4.69, 9.17) is 11.6 Å². The van der Waals surface area contributed by atoms with Crippen molar-refractivity contribution in [2.75, 3.05) is 0 Å². The second kappa shape index (κ2) is 7.60. The van der Waals surface area contributed by atoms with E-state index in [9.17, 15) is 4.79 Å². The van der Waals surface area contributed by atoms with Gasteiger partial charge in [0, 0.05) is 17.2 Å². The summed E-state index contributed by atoms with van der Waals surface area (Å²) in [5.74, 6) is 0.0101. The Morgan fingerprint density at radius 3 is 2.52 bits per heavy atom. The molecule has 0 heterocycles. The Bertz CT molecular complexity index is 608. The Morgan fingerprint density at radius 1 is 1.19 bits per heavy atom. The molecule has 0 saturated carbocycles. The van der Waals surface area contributed by atoms with Crippen molar-refractivity contribution >= 4 is 23.7 Å². The van der Waals surface area contributed by atoms with Crippen LogP contribution >= 0.6 is 11.6 Å². The summed E-state index contributed by atoms with van der Waals surface area (Å²) in [5, 5.41) is 4.67. The van der Waals surface area contributed by atoms with Crippen LogP contribution in [-0.2, 0) is 11.2 Å². The first kappa shape index (κ1) is 15.3. The monoisotopic (exact) mass is 300 g/mol. The highest BCUT2D eigenvalue weighted by Crippen LogP contribution is 2.12. The lowest BCUT2D eigenvalue weighted by atomic mass is 10.0. The van der Waals surface area contributed by atoms with Gasteiger partial charge in [-0.2, -0.15) is 5.10 Å². The predicted octanol–water partition coefficient (Wildman–Crippen LogP) is 3.79. The van der Waals surface area contributed by atoms with Crippen molar-refractivity contribution in [1.29, 1.82) is 0 Å². The van der Waals surface area contributed by atoms with E-state index in [2.05, 4.69) is 10.5 Å². The molecule has 108 valence electrons. The highest BCUT2D eigenvalue weighted by Gasteiger charge is 2.03. The zero-order valence-electron chi connectivity index (χ0n) is 11.8. The topological polar surface area (TPSA) is 41.5 Å². The van der Waals surface area contributed by atoms with Crippen LogP contribution in [0.2, 0.25) is 5.02 Å². The van der Waals surface area contributed by atoms with Crippen LogP contribution in [0.15, 0.2) is 59.7 Å². The Labute approximate surface area is 129 Å². The number of nitrogens with zero attached hydrogens (tertiary/aromatic N) is 1. The molecule has 2 aromatic rings. The number of rotatable bonds is 5. The molecule has 2 rings (SSSR count). The summed E-state index contributed by atoms with van der Waals surface area (Å²) in [6, 6.07) is 17.2. The number of nitrogens with one attached hydrogen (secondary N) is 1. The molecule has 2 aromatic carbocycles. The lowest BCUT2D eigenvalue weighted by Gasteiger charge is -2.05. The first-order valence-electron chi connectivity index (χ1n) is 6.76. The van der Waals surface area contributed by atoms with Crippen molar-refractivity contribution in [2.45, 2.75) is 19.3 Å². The Morgan fingerprint density at radius 2 is 1.86 bits per heavy atom. The van der Waals surface area contributed by atoms with Crippen LogP contribution in [0.3, 0.4) is 0 Å². The van der Waals surface area contributed by atoms with E-state index < -0.39 is 0 Å². The minimum Gasteiger partial charge on any atom is -0.273 e. The van der Waals surface area contributed by atoms with Crippen LogP contribution in [0, 0.1) is 0 Å². The minimum absolute atomic E-state index is 0.145. The van der Waals surface area contributed by atoms with E-state index in [0.29, 0.717) is 5.02 Å². The number of hydrazone groups is 1. The van der Waals surface area contributed by atoms with Gasteiger partial charge in [0.15, 0.2) is 0 Å². The molecule has 0 aliphatic rings. The van der Waals surface area contributed by atoms with Crippen LogP contribution in [0.5, 0.6) is 0 Å². The minimum atomic E-state index is -0.145. The van der Waals surface area contributed by atoms with Gasteiger partial charge in [0.05, 0.1) is 6.42 Å². The Hall–Kier alpha value is -2.13. The zero-order valence-corrected chi connectivity index (χ0v) is 12.5. The molecule has 1 N–H and O–H groups in total. The van der Waals surface area contributed by atoms with E-state index >= 15 is 0 Å². The molecule has 0 aliphatic heterocycles. The Kier molecular flexibility index (Phi) is 5.52. The summed E-state index contributed by atoms with van der Waals surface area (Å²) in [4.78, 5) is 11.8. The summed E-state index contributed by atoms with van der Waals surface area (Å²) in [6.07, 6.45) is 2.02. The molecule has 0 unspecified atom stereocenters. The largest absolute Gasteiger partial charge is 0.273 e. The molecule has 21 heavy (non-hydrogen) atoms. The van der Waals surface area contributed by atoms with Crippen molar-refractivity contribution in [3.63, 3.8) is 0 Å². The third-order valence-electron chi connectivity index (χ3n) is 3.09. The third kappa shape index (κ3) is 5.04. The highest BCUT2D eigenvalue weighted by molar-refractivity contribution is 6.30. The molecule has 1 amide bonds. The average molecular weight is 301 g/mol. The number of halogens is 1. The number of carbonyl (C=O) groups excluding carboxylic acids is 1. The molecule has 0 saturated heterocycles. The molecule has 0 radical (unpaired) electrons. The normalized spacial score (nSPS) is 12.3. The first-order valence-corrected chi connectivity index (χ1v) is 7.14. The number of benzene rings is 2. The van der Waals surface area contributed by atoms with Crippen LogP contribution < -0.4 is 5.43 Å². The molecular weight excluding hydrogens is 284 g/mol. The van der Waals surface area contributed by atoms with E-state index in [1.54, 1.807) is 18.3 Å². The standard InChI is InChI=1S/C17H17ClN2O/c1-13(15-5-3-2-4-6-15)12-19-20-17(21)11-14-7-9-16(18)10-8-14/h2-10,12-13H,11H2,1H3,(H,20,21)/b19-12-/t13-/m0/s1. The SMILES string of the molecule is C[C@@H](/C=N\NC(=O)Cc1ccc(Cl)cc1)c1ccccc1. The molecule has 0 bridgehead atoms. The maximum absolute atomic E-state index is 11.8. The van der Waals surface area contributed by atoms with Crippen LogP contribution in [-0.4, -0.2) is 12.1 Å². The smallest absolute Gasteiger partial charge is 0.244 e. The highest BCUT2D eigenvalue weighted by atomic mass is 35.5. The van der Waals surface area contributed by atoms with E-state index in [-0.39, 0.29) is 18.2 Å². The second-order valence-corrected chi connectivity index (χ2v) is 5.25. The number of hydrogen-bond donors (Lipinski definition) is 1. The summed E-state index contributed by atoms with van der Waals surface area (Å²) < 4.78 is 0. The average Bonchev–Trinajstić information content (AvgIpc) is 2.50. The Balaban J connectivity index is 1.83. The first-order chi connectivity index (χ1) is 10.1. The molecular formula is C17H17ClN2O. The molecule has 3 nitrogen and oxygen atoms in total. The maximum Gasteiger partial charge on any atom is 0.244 e. The van der Waals surface area contributed by atoms with Gasteiger partial charge >= 0.3 is 0 Å². The number of hydrogen-bond acceptors (Lipinski definition) is 2. The van der Waals surface area contributed by atoms with Crippen molar-refractivity contribution < 1.29 is 4.79 Å². The summed E-state index contributed by atoms with van der Waals surface area (Å²) in [7, 11) is 0. The van der Waals surface area contributed by atoms with Crippen LogP contribution in [0.1, 0.15) is 24.0 Å². The van der Waals surface area contributed by atoms with Gasteiger partial charge in [-0.1, -0.05) is 61.0 Å². The summed E-state index contributed by atoms with van der Waals surface area (Å²) in [6.45, 7) is 2.03. The van der Waals surface area contributed by atoms with Crippen LogP contribution in [0.4, 0.5) is 0 Å². The van der Waals surface area contributed by atoms with Gasteiger partial charge in [0.2, 0.25) is 5.91 Å². The summed E-state index contributed by atoms with van der Waals surface area (Å²) in [5.41, 5.74) is 4.61. The quantitative estimate of drug-likeness (QED) is 0.662. The fourth-order valence-corrected chi connectivity index (χ4v) is 2.02. The van der Waals surface area contributed by atoms with Gasteiger partial charge in [-0.05, 0) is 23.3 Å². The number of carbonyl (C=O) groups is 1. The third-order valence-corrected chi connectivity index (χ3v) is 3.34. The van der Waals surface area contributed by atoms with Crippen molar-refractivity contribution in [2.24, 2.45) is 5.10 Å². The van der Waals surface area contributed by atoms with Gasteiger partial charge in [-0.15, -0.1) is 0 Å². The van der Waals surface area contributed by atoms with Crippen molar-refractivity contribution in [3.05, 3.63) is 70.7 Å². The van der Waals surface area contributed by atoms with Crippen molar-refractivity contribution in [3.8, 4) is 0 Å². The van der Waals surface area contributed by atoms with Gasteiger partial charge in [-0.3, -0.25) is 4.79 Å². The molecule has 0 aliphatic carbocycles. The lowest BCUT2D eigenvalue weighted by Crippen LogP contribution is -2.20. The van der Waals surface area contributed by atoms with Gasteiger partial charge in [0.25, 0.3) is 0 Å². The molecule has 4 heteroatoms. The molecule has 0 fully saturated rings. The van der Waals surface area contributed by atoms with E-state index in [1.807, 2.05) is 49.4 Å². The predicted molar refractivity (Wildman–Crippen MR) is 86.6 cm³/mol. The van der Waals surface area contributed by atoms with Gasteiger partial charge < -0.3 is 0 Å². The van der Waals surface area contributed by atoms with E-state index in [0.717, 1.165) is 11.1 Å². The summed E-state index contributed by atoms with van der Waals surface area (Å²) >= 11 is 5.80. The lowest BCUT2D eigenvalue weighted by molar-refractivity contribution is -0.120.